The van der Waals surface area contributed by atoms with Crippen molar-refractivity contribution in [1.82, 2.24) is 9.97 Å². The second kappa shape index (κ2) is 7.77. The lowest BCUT2D eigenvalue weighted by Gasteiger charge is -2.12. The first-order chi connectivity index (χ1) is 12.2. The van der Waals surface area contributed by atoms with Gasteiger partial charge in [0.15, 0.2) is 6.29 Å². The Labute approximate surface area is 150 Å². The molecule has 0 radical (unpaired) electrons. The van der Waals surface area contributed by atoms with Crippen LogP contribution in [0.3, 0.4) is 0 Å². The SMILES string of the molecule is COc1cc(C=O)c(OCc2cccnc2-c2ccc(Cl)cc2)cn1. The second-order valence-electron chi connectivity index (χ2n) is 5.19. The van der Waals surface area contributed by atoms with E-state index in [9.17, 15) is 4.79 Å². The molecular weight excluding hydrogens is 340 g/mol. The zero-order chi connectivity index (χ0) is 17.6. The smallest absolute Gasteiger partial charge is 0.213 e. The summed E-state index contributed by atoms with van der Waals surface area (Å²) in [6.45, 7) is 0.251. The maximum atomic E-state index is 11.2. The number of halogens is 1. The van der Waals surface area contributed by atoms with Crippen LogP contribution in [-0.2, 0) is 6.61 Å². The number of hydrogen-bond donors (Lipinski definition) is 0. The minimum absolute atomic E-state index is 0.251. The summed E-state index contributed by atoms with van der Waals surface area (Å²) in [5.41, 5.74) is 3.00. The zero-order valence-corrected chi connectivity index (χ0v) is 14.2. The molecule has 0 unspecified atom stereocenters. The van der Waals surface area contributed by atoms with E-state index in [-0.39, 0.29) is 6.61 Å². The molecule has 3 rings (SSSR count). The number of carbonyl (C=O) groups is 1. The van der Waals surface area contributed by atoms with E-state index in [2.05, 4.69) is 9.97 Å². The summed E-state index contributed by atoms with van der Waals surface area (Å²) in [4.78, 5) is 19.7. The molecule has 5 nitrogen and oxygen atoms in total. The molecule has 0 fully saturated rings. The zero-order valence-electron chi connectivity index (χ0n) is 13.5. The van der Waals surface area contributed by atoms with Crippen molar-refractivity contribution in [2.45, 2.75) is 6.61 Å². The first-order valence-electron chi connectivity index (χ1n) is 7.53. The number of pyridine rings is 2. The second-order valence-corrected chi connectivity index (χ2v) is 5.63. The summed E-state index contributed by atoms with van der Waals surface area (Å²) in [5, 5.41) is 0.664. The molecule has 3 aromatic rings. The number of hydrogen-bond acceptors (Lipinski definition) is 5. The van der Waals surface area contributed by atoms with Gasteiger partial charge in [-0.25, -0.2) is 4.98 Å². The Kier molecular flexibility index (Phi) is 5.26. The Bertz CT molecular complexity index is 882. The molecule has 2 aromatic heterocycles. The van der Waals surface area contributed by atoms with Crippen LogP contribution in [0.1, 0.15) is 15.9 Å². The molecule has 0 spiro atoms. The van der Waals surface area contributed by atoms with Gasteiger partial charge >= 0.3 is 0 Å². The van der Waals surface area contributed by atoms with Crippen LogP contribution < -0.4 is 9.47 Å². The van der Waals surface area contributed by atoms with Crippen LogP contribution in [0.5, 0.6) is 11.6 Å². The minimum Gasteiger partial charge on any atom is -0.486 e. The summed E-state index contributed by atoms with van der Waals surface area (Å²) in [6, 6.07) is 12.7. The van der Waals surface area contributed by atoms with Crippen LogP contribution in [0.2, 0.25) is 5.02 Å². The molecule has 0 aliphatic rings. The molecule has 0 aliphatic heterocycles. The Morgan fingerprint density at radius 2 is 1.96 bits per heavy atom. The predicted octanol–water partition coefficient (Wildman–Crippen LogP) is 4.20. The van der Waals surface area contributed by atoms with Crippen LogP contribution in [0, 0.1) is 0 Å². The van der Waals surface area contributed by atoms with Crippen molar-refractivity contribution >= 4 is 17.9 Å². The number of rotatable bonds is 6. The van der Waals surface area contributed by atoms with E-state index in [1.165, 1.54) is 19.4 Å². The third kappa shape index (κ3) is 3.95. The van der Waals surface area contributed by atoms with E-state index in [1.807, 2.05) is 36.4 Å². The largest absolute Gasteiger partial charge is 0.486 e. The highest BCUT2D eigenvalue weighted by atomic mass is 35.5. The molecule has 1 aromatic carbocycles. The molecule has 0 aliphatic carbocycles. The first-order valence-corrected chi connectivity index (χ1v) is 7.91. The number of methoxy groups -OCH3 is 1. The molecule has 25 heavy (non-hydrogen) atoms. The van der Waals surface area contributed by atoms with Gasteiger partial charge in [-0.2, -0.15) is 0 Å². The fourth-order valence-electron chi connectivity index (χ4n) is 2.34. The molecule has 2 heterocycles. The van der Waals surface area contributed by atoms with E-state index in [0.29, 0.717) is 28.5 Å². The lowest BCUT2D eigenvalue weighted by atomic mass is 10.1. The number of carbonyl (C=O) groups excluding carboxylic acids is 1. The van der Waals surface area contributed by atoms with Crippen LogP contribution in [0.15, 0.2) is 54.9 Å². The van der Waals surface area contributed by atoms with E-state index in [0.717, 1.165) is 16.8 Å². The summed E-state index contributed by atoms with van der Waals surface area (Å²) in [6.07, 6.45) is 3.91. The van der Waals surface area contributed by atoms with Crippen LogP contribution in [0.25, 0.3) is 11.3 Å². The average Bonchev–Trinajstić information content (AvgIpc) is 2.67. The van der Waals surface area contributed by atoms with Crippen molar-refractivity contribution in [3.05, 3.63) is 71.0 Å². The number of aldehydes is 1. The fourth-order valence-corrected chi connectivity index (χ4v) is 2.47. The number of aromatic nitrogens is 2. The topological polar surface area (TPSA) is 61.3 Å². The number of ether oxygens (including phenoxy) is 2. The highest BCUT2D eigenvalue weighted by Gasteiger charge is 2.10. The Morgan fingerprint density at radius 1 is 1.16 bits per heavy atom. The lowest BCUT2D eigenvalue weighted by molar-refractivity contribution is 0.111. The van der Waals surface area contributed by atoms with Crippen molar-refractivity contribution < 1.29 is 14.3 Å². The van der Waals surface area contributed by atoms with Crippen molar-refractivity contribution in [2.24, 2.45) is 0 Å². The number of nitrogens with zero attached hydrogens (tertiary/aromatic N) is 2. The minimum atomic E-state index is 0.251. The van der Waals surface area contributed by atoms with Crippen molar-refractivity contribution in [3.8, 4) is 22.9 Å². The van der Waals surface area contributed by atoms with Crippen LogP contribution in [0.4, 0.5) is 0 Å². The molecule has 126 valence electrons. The highest BCUT2D eigenvalue weighted by molar-refractivity contribution is 6.30. The van der Waals surface area contributed by atoms with Crippen molar-refractivity contribution in [1.29, 1.82) is 0 Å². The quantitative estimate of drug-likeness (QED) is 0.621. The predicted molar refractivity (Wildman–Crippen MR) is 95.2 cm³/mol. The van der Waals surface area contributed by atoms with Gasteiger partial charge in [0.2, 0.25) is 5.88 Å². The Balaban J connectivity index is 1.85. The maximum Gasteiger partial charge on any atom is 0.213 e. The van der Waals surface area contributed by atoms with Crippen LogP contribution in [-0.4, -0.2) is 23.4 Å². The van der Waals surface area contributed by atoms with Gasteiger partial charge < -0.3 is 9.47 Å². The normalized spacial score (nSPS) is 10.3. The third-order valence-electron chi connectivity index (χ3n) is 3.60. The molecular formula is C19H15ClN2O3. The average molecular weight is 355 g/mol. The molecule has 6 heteroatoms. The molecule has 0 atom stereocenters. The lowest BCUT2D eigenvalue weighted by Crippen LogP contribution is -2.02. The van der Waals surface area contributed by atoms with Gasteiger partial charge in [0.1, 0.15) is 12.4 Å². The van der Waals surface area contributed by atoms with Gasteiger partial charge in [0.25, 0.3) is 0 Å². The van der Waals surface area contributed by atoms with E-state index >= 15 is 0 Å². The summed E-state index contributed by atoms with van der Waals surface area (Å²) in [7, 11) is 1.49. The van der Waals surface area contributed by atoms with E-state index in [1.54, 1.807) is 6.20 Å². The van der Waals surface area contributed by atoms with E-state index < -0.39 is 0 Å². The third-order valence-corrected chi connectivity index (χ3v) is 3.85. The van der Waals surface area contributed by atoms with E-state index in [4.69, 9.17) is 21.1 Å². The molecule has 0 N–H and O–H groups in total. The highest BCUT2D eigenvalue weighted by Crippen LogP contribution is 2.25. The van der Waals surface area contributed by atoms with Crippen molar-refractivity contribution in [2.75, 3.05) is 7.11 Å². The summed E-state index contributed by atoms with van der Waals surface area (Å²) >= 11 is 5.94. The molecule has 0 amide bonds. The Hall–Kier alpha value is -2.92. The van der Waals surface area contributed by atoms with Crippen LogP contribution >= 0.6 is 11.6 Å². The van der Waals surface area contributed by atoms with Gasteiger partial charge in [-0.05, 0) is 18.2 Å². The molecule has 0 saturated carbocycles. The van der Waals surface area contributed by atoms with Gasteiger partial charge in [-0.15, -0.1) is 0 Å². The summed E-state index contributed by atoms with van der Waals surface area (Å²) < 4.78 is 10.8. The fraction of sp³-hybridized carbons (Fsp3) is 0.105. The summed E-state index contributed by atoms with van der Waals surface area (Å²) in [5.74, 6) is 0.749. The van der Waals surface area contributed by atoms with Gasteiger partial charge in [0.05, 0.1) is 24.6 Å². The number of benzene rings is 1. The van der Waals surface area contributed by atoms with Gasteiger partial charge in [-0.1, -0.05) is 29.8 Å². The van der Waals surface area contributed by atoms with Crippen molar-refractivity contribution in [3.63, 3.8) is 0 Å². The molecule has 0 bridgehead atoms. The van der Waals surface area contributed by atoms with Gasteiger partial charge in [0, 0.05) is 28.4 Å². The van der Waals surface area contributed by atoms with Gasteiger partial charge in [-0.3, -0.25) is 9.78 Å². The standard InChI is InChI=1S/C19H15ClN2O3/c1-24-18-9-15(11-23)17(10-22-18)25-12-14-3-2-8-21-19(14)13-4-6-16(20)7-5-13/h2-11H,12H2,1H3. The monoisotopic (exact) mass is 354 g/mol. The molecule has 0 saturated heterocycles. The first kappa shape index (κ1) is 16.9. The maximum absolute atomic E-state index is 11.2. The Morgan fingerprint density at radius 3 is 2.68 bits per heavy atom.